The van der Waals surface area contributed by atoms with Crippen LogP contribution in [0.4, 0.5) is 5.69 Å². The van der Waals surface area contributed by atoms with Gasteiger partial charge >= 0.3 is 5.97 Å². The predicted molar refractivity (Wildman–Crippen MR) is 127 cm³/mol. The van der Waals surface area contributed by atoms with Crippen LogP contribution in [-0.4, -0.2) is 61.6 Å². The maximum Gasteiger partial charge on any atom is 0.309 e. The maximum absolute atomic E-state index is 13.0. The van der Waals surface area contributed by atoms with E-state index in [4.69, 9.17) is 18.9 Å². The van der Waals surface area contributed by atoms with Crippen LogP contribution >= 0.6 is 0 Å². The van der Waals surface area contributed by atoms with Gasteiger partial charge in [-0.25, -0.2) is 0 Å². The summed E-state index contributed by atoms with van der Waals surface area (Å²) in [5, 5.41) is 10.9. The summed E-state index contributed by atoms with van der Waals surface area (Å²) in [5.74, 6) is -1.26. The Labute approximate surface area is 204 Å². The number of non-ortho nitro benzene ring substituents is 1. The molecule has 1 amide bonds. The van der Waals surface area contributed by atoms with Gasteiger partial charge in [-0.15, -0.1) is 0 Å². The van der Waals surface area contributed by atoms with E-state index in [1.165, 1.54) is 36.3 Å². The van der Waals surface area contributed by atoms with Crippen molar-refractivity contribution < 1.29 is 33.5 Å². The topological polar surface area (TPSA) is 117 Å². The van der Waals surface area contributed by atoms with Crippen LogP contribution in [0.2, 0.25) is 0 Å². The molecular formula is C25H32N2O8. The Balaban J connectivity index is 2.05. The first-order valence-corrected chi connectivity index (χ1v) is 11.2. The number of ether oxygens (including phenoxy) is 4. The number of hydrogen-bond donors (Lipinski definition) is 0. The monoisotopic (exact) mass is 488 g/mol. The fourth-order valence-electron chi connectivity index (χ4n) is 3.20. The fourth-order valence-corrected chi connectivity index (χ4v) is 3.20. The van der Waals surface area contributed by atoms with Crippen molar-refractivity contribution in [3.05, 3.63) is 75.8 Å². The number of hydrogen-bond acceptors (Lipinski definition) is 8. The molecule has 10 heteroatoms. The molecular weight excluding hydrogens is 456 g/mol. The van der Waals surface area contributed by atoms with Crippen molar-refractivity contribution in [3.63, 3.8) is 0 Å². The molecule has 0 aliphatic carbocycles. The molecule has 0 aromatic heterocycles. The zero-order valence-electron chi connectivity index (χ0n) is 20.4. The molecule has 35 heavy (non-hydrogen) atoms. The van der Waals surface area contributed by atoms with E-state index in [9.17, 15) is 19.7 Å². The van der Waals surface area contributed by atoms with Crippen LogP contribution in [0.3, 0.4) is 0 Å². The summed E-state index contributed by atoms with van der Waals surface area (Å²) < 4.78 is 21.4. The highest BCUT2D eigenvalue weighted by atomic mass is 16.7. The molecule has 0 spiro atoms. The molecule has 0 aliphatic rings. The van der Waals surface area contributed by atoms with Gasteiger partial charge < -0.3 is 23.8 Å². The number of likely N-dealkylation sites (N-methyl/N-ethyl adjacent to an activating group) is 1. The van der Waals surface area contributed by atoms with E-state index in [0.29, 0.717) is 0 Å². The van der Waals surface area contributed by atoms with Gasteiger partial charge in [-0.05, 0) is 31.0 Å². The van der Waals surface area contributed by atoms with E-state index in [1.54, 1.807) is 20.9 Å². The fraction of sp³-hybridized carbons (Fsp3) is 0.440. The minimum atomic E-state index is -0.529. The molecule has 1 unspecified atom stereocenters. The lowest BCUT2D eigenvalue weighted by molar-refractivity contribution is -0.384. The Bertz CT molecular complexity index is 952. The minimum absolute atomic E-state index is 0.0576. The van der Waals surface area contributed by atoms with E-state index >= 15 is 0 Å². The van der Waals surface area contributed by atoms with Gasteiger partial charge in [-0.3, -0.25) is 19.7 Å². The van der Waals surface area contributed by atoms with E-state index in [1.807, 2.05) is 30.3 Å². The zero-order chi connectivity index (χ0) is 25.8. The van der Waals surface area contributed by atoms with Crippen LogP contribution in [0.1, 0.15) is 36.2 Å². The second-order valence-electron chi connectivity index (χ2n) is 8.06. The number of rotatable bonds is 14. The van der Waals surface area contributed by atoms with Gasteiger partial charge in [0.1, 0.15) is 13.4 Å². The van der Waals surface area contributed by atoms with Crippen LogP contribution in [0.5, 0.6) is 0 Å². The SMILES string of the molecule is COC(C)OCOC[C@H](C[C@H](C)C(=O)OCc1ccccc1)N(C)C(=O)c1ccc([N+](=O)[O-])cc1. The van der Waals surface area contributed by atoms with Crippen LogP contribution in [0.25, 0.3) is 0 Å². The van der Waals surface area contributed by atoms with Gasteiger partial charge in [0, 0.05) is 31.9 Å². The second kappa shape index (κ2) is 14.1. The normalized spacial score (nSPS) is 13.5. The molecule has 0 aliphatic heterocycles. The van der Waals surface area contributed by atoms with Crippen LogP contribution in [0, 0.1) is 16.0 Å². The molecule has 0 saturated heterocycles. The van der Waals surface area contributed by atoms with Gasteiger partial charge in [-0.1, -0.05) is 37.3 Å². The lowest BCUT2D eigenvalue weighted by atomic mass is 10.0. The molecule has 2 aromatic carbocycles. The van der Waals surface area contributed by atoms with Crippen molar-refractivity contribution >= 4 is 17.6 Å². The number of nitro benzene ring substituents is 1. The number of nitro groups is 1. The highest BCUT2D eigenvalue weighted by molar-refractivity contribution is 5.94. The van der Waals surface area contributed by atoms with E-state index in [0.717, 1.165) is 5.56 Å². The average molecular weight is 489 g/mol. The number of nitrogens with zero attached hydrogens (tertiary/aromatic N) is 2. The van der Waals surface area contributed by atoms with Crippen molar-refractivity contribution in [1.29, 1.82) is 0 Å². The molecule has 3 atom stereocenters. The number of benzene rings is 2. The van der Waals surface area contributed by atoms with E-state index < -0.39 is 23.2 Å². The van der Waals surface area contributed by atoms with Gasteiger partial charge in [0.15, 0.2) is 6.29 Å². The molecule has 0 N–H and O–H groups in total. The second-order valence-corrected chi connectivity index (χ2v) is 8.06. The summed E-state index contributed by atoms with van der Waals surface area (Å²) in [6.07, 6.45) is -0.178. The summed E-state index contributed by atoms with van der Waals surface area (Å²) in [6, 6.07) is 14.2. The minimum Gasteiger partial charge on any atom is -0.461 e. The molecule has 2 rings (SSSR count). The smallest absolute Gasteiger partial charge is 0.309 e. The molecule has 2 aromatic rings. The van der Waals surface area contributed by atoms with Crippen molar-refractivity contribution in [2.45, 2.75) is 39.2 Å². The van der Waals surface area contributed by atoms with Crippen molar-refractivity contribution in [3.8, 4) is 0 Å². The number of methoxy groups -OCH3 is 1. The molecule has 190 valence electrons. The van der Waals surface area contributed by atoms with Crippen LogP contribution in [-0.2, 0) is 30.3 Å². The Kier molecular flexibility index (Phi) is 11.3. The number of esters is 1. The molecule has 0 saturated carbocycles. The third kappa shape index (κ3) is 9.08. The summed E-state index contributed by atoms with van der Waals surface area (Å²) in [5.41, 5.74) is 1.05. The Hall–Kier alpha value is -3.34. The lowest BCUT2D eigenvalue weighted by Gasteiger charge is -2.30. The zero-order valence-corrected chi connectivity index (χ0v) is 20.4. The lowest BCUT2D eigenvalue weighted by Crippen LogP contribution is -2.42. The summed E-state index contributed by atoms with van der Waals surface area (Å²) >= 11 is 0. The Morgan fingerprint density at radius 1 is 1.06 bits per heavy atom. The largest absolute Gasteiger partial charge is 0.461 e. The van der Waals surface area contributed by atoms with Gasteiger partial charge in [0.05, 0.1) is 23.5 Å². The van der Waals surface area contributed by atoms with Crippen LogP contribution < -0.4 is 0 Å². The highest BCUT2D eigenvalue weighted by Crippen LogP contribution is 2.19. The number of amides is 1. The highest BCUT2D eigenvalue weighted by Gasteiger charge is 2.27. The van der Waals surface area contributed by atoms with Gasteiger partial charge in [0.2, 0.25) is 0 Å². The standard InChI is InChI=1S/C25H32N2O8/c1-18(25(29)34-15-20-8-6-5-7-9-20)14-23(16-33-17-35-19(2)32-4)26(3)24(28)21-10-12-22(13-11-21)27(30)31/h5-13,18-19,23H,14-17H2,1-4H3/t18-,19?,23-/m0/s1. The molecule has 0 heterocycles. The third-order valence-electron chi connectivity index (χ3n) is 5.47. The maximum atomic E-state index is 13.0. The van der Waals surface area contributed by atoms with Gasteiger partial charge in [-0.2, -0.15) is 0 Å². The molecule has 0 radical (unpaired) electrons. The molecule has 0 bridgehead atoms. The van der Waals surface area contributed by atoms with Gasteiger partial charge in [0.25, 0.3) is 11.6 Å². The third-order valence-corrected chi connectivity index (χ3v) is 5.47. The van der Waals surface area contributed by atoms with Crippen molar-refractivity contribution in [2.24, 2.45) is 5.92 Å². The van der Waals surface area contributed by atoms with Crippen LogP contribution in [0.15, 0.2) is 54.6 Å². The predicted octanol–water partition coefficient (Wildman–Crippen LogP) is 3.79. The van der Waals surface area contributed by atoms with E-state index in [-0.39, 0.29) is 49.6 Å². The van der Waals surface area contributed by atoms with E-state index in [2.05, 4.69) is 0 Å². The first-order chi connectivity index (χ1) is 16.7. The molecule has 0 fully saturated rings. The molecule has 10 nitrogen and oxygen atoms in total. The van der Waals surface area contributed by atoms with Crippen molar-refractivity contribution in [2.75, 3.05) is 27.6 Å². The number of carbonyl (C=O) groups excluding carboxylic acids is 2. The summed E-state index contributed by atoms with van der Waals surface area (Å²) in [4.78, 5) is 37.5. The first kappa shape index (κ1) is 27.9. The Morgan fingerprint density at radius 3 is 2.31 bits per heavy atom. The summed E-state index contributed by atoms with van der Waals surface area (Å²) in [6.45, 7) is 3.65. The number of carbonyl (C=O) groups is 2. The quantitative estimate of drug-likeness (QED) is 0.130. The summed E-state index contributed by atoms with van der Waals surface area (Å²) in [7, 11) is 3.10. The average Bonchev–Trinajstić information content (AvgIpc) is 2.88. The first-order valence-electron chi connectivity index (χ1n) is 11.2. The Morgan fingerprint density at radius 2 is 1.71 bits per heavy atom. The van der Waals surface area contributed by atoms with Crippen molar-refractivity contribution in [1.82, 2.24) is 4.90 Å².